The number of nitriles is 1. The maximum atomic E-state index is 13.2. The lowest BCUT2D eigenvalue weighted by atomic mass is 9.96. The van der Waals surface area contributed by atoms with E-state index in [1.54, 1.807) is 32.0 Å². The number of halogens is 3. The minimum absolute atomic E-state index is 0.0473. The molecule has 42 heavy (non-hydrogen) atoms. The molecule has 0 fully saturated rings. The fourth-order valence-electron chi connectivity index (χ4n) is 4.53. The first-order chi connectivity index (χ1) is 19.9. The molecule has 1 atom stereocenters. The van der Waals surface area contributed by atoms with Crippen molar-refractivity contribution in [2.75, 3.05) is 26.0 Å². The molecule has 0 amide bonds. The van der Waals surface area contributed by atoms with Gasteiger partial charge in [0.25, 0.3) is 0 Å². The minimum atomic E-state index is -4.54. The van der Waals surface area contributed by atoms with Gasteiger partial charge in [0.1, 0.15) is 0 Å². The molecular formula is C35H40F3N3O. The first-order valence-corrected chi connectivity index (χ1v) is 14.0. The fraction of sp³-hybridized carbons (Fsp3) is 0.314. The lowest BCUT2D eigenvalue weighted by Crippen LogP contribution is -2.24. The van der Waals surface area contributed by atoms with Crippen LogP contribution in [0.25, 0.3) is 0 Å². The number of alkyl halides is 3. The topological polar surface area (TPSA) is 47.3 Å². The third-order valence-electron chi connectivity index (χ3n) is 6.52. The Hall–Kier alpha value is -4.15. The van der Waals surface area contributed by atoms with Crippen molar-refractivity contribution in [2.24, 2.45) is 0 Å². The number of nitrogens with zero attached hydrogens (tertiary/aromatic N) is 3. The van der Waals surface area contributed by atoms with Crippen LogP contribution >= 0.6 is 0 Å². The van der Waals surface area contributed by atoms with Crippen LogP contribution < -0.4 is 4.90 Å². The lowest BCUT2D eigenvalue weighted by Gasteiger charge is -2.25. The normalized spacial score (nSPS) is 12.7. The Labute approximate surface area is 248 Å². The van der Waals surface area contributed by atoms with E-state index in [4.69, 9.17) is 5.26 Å². The van der Waals surface area contributed by atoms with Gasteiger partial charge in [0, 0.05) is 19.2 Å². The summed E-state index contributed by atoms with van der Waals surface area (Å²) in [6.45, 7) is 5.53. The summed E-state index contributed by atoms with van der Waals surface area (Å²) in [7, 11) is 5.77. The molecule has 0 aromatic heterocycles. The van der Waals surface area contributed by atoms with E-state index < -0.39 is 11.7 Å². The van der Waals surface area contributed by atoms with E-state index in [9.17, 15) is 18.0 Å². The smallest absolute Gasteiger partial charge is 0.342 e. The fourth-order valence-corrected chi connectivity index (χ4v) is 4.53. The highest BCUT2D eigenvalue weighted by Crippen LogP contribution is 2.30. The summed E-state index contributed by atoms with van der Waals surface area (Å²) in [6, 6.07) is 28.1. The van der Waals surface area contributed by atoms with Crippen molar-refractivity contribution in [3.8, 4) is 6.07 Å². The molecule has 0 saturated heterocycles. The van der Waals surface area contributed by atoms with Crippen molar-refractivity contribution < 1.29 is 18.0 Å². The highest BCUT2D eigenvalue weighted by Gasteiger charge is 2.33. The van der Waals surface area contributed by atoms with Gasteiger partial charge in [-0.15, -0.1) is 0 Å². The Kier molecular flexibility index (Phi) is 13.2. The van der Waals surface area contributed by atoms with Gasteiger partial charge >= 0.3 is 6.18 Å². The van der Waals surface area contributed by atoms with Gasteiger partial charge in [0.15, 0.2) is 5.78 Å². The summed E-state index contributed by atoms with van der Waals surface area (Å²) in [5.74, 6) is -0.376. The monoisotopic (exact) mass is 575 g/mol. The number of Topliss-reactive ketones (excluding diaryl/α,β-unsaturated/α-hetero) is 1. The molecule has 4 nitrogen and oxygen atoms in total. The van der Waals surface area contributed by atoms with Crippen molar-refractivity contribution in [3.05, 3.63) is 125 Å². The first kappa shape index (κ1) is 34.1. The van der Waals surface area contributed by atoms with Gasteiger partial charge in [-0.25, -0.2) is 0 Å². The van der Waals surface area contributed by atoms with Crippen LogP contribution in [0, 0.1) is 18.3 Å². The second-order valence-electron chi connectivity index (χ2n) is 10.2. The average Bonchev–Trinajstić information content (AvgIpc) is 2.95. The van der Waals surface area contributed by atoms with Crippen molar-refractivity contribution in [2.45, 2.75) is 52.3 Å². The molecular weight excluding hydrogens is 535 g/mol. The number of allylic oxidation sites excluding steroid dienone is 4. The van der Waals surface area contributed by atoms with Gasteiger partial charge in [0.2, 0.25) is 0 Å². The highest BCUT2D eigenvalue weighted by atomic mass is 19.4. The van der Waals surface area contributed by atoms with E-state index in [-0.39, 0.29) is 24.3 Å². The third-order valence-corrected chi connectivity index (χ3v) is 6.52. The van der Waals surface area contributed by atoms with Gasteiger partial charge in [-0.05, 0) is 69.3 Å². The van der Waals surface area contributed by atoms with E-state index in [0.29, 0.717) is 23.7 Å². The molecule has 0 heterocycles. The zero-order chi connectivity index (χ0) is 31.3. The summed E-state index contributed by atoms with van der Waals surface area (Å²) < 4.78 is 39.6. The lowest BCUT2D eigenvalue weighted by molar-refractivity contribution is -0.115. The van der Waals surface area contributed by atoms with Crippen LogP contribution in [-0.4, -0.2) is 38.0 Å². The van der Waals surface area contributed by atoms with Crippen LogP contribution in [0.4, 0.5) is 18.9 Å². The predicted molar refractivity (Wildman–Crippen MR) is 165 cm³/mol. The van der Waals surface area contributed by atoms with Crippen LogP contribution in [0.3, 0.4) is 0 Å². The number of carbonyl (C=O) groups excluding carboxylic acids is 1. The van der Waals surface area contributed by atoms with Crippen LogP contribution in [0.15, 0.2) is 102 Å². The van der Waals surface area contributed by atoms with Gasteiger partial charge in [0.05, 0.1) is 28.9 Å². The van der Waals surface area contributed by atoms with Crippen LogP contribution in [-0.2, 0) is 4.79 Å². The molecule has 0 bridgehead atoms. The number of likely N-dealkylation sites (N-methyl/N-ethyl adjacent to an activating group) is 1. The molecule has 0 saturated carbocycles. The number of anilines is 1. The van der Waals surface area contributed by atoms with E-state index >= 15 is 0 Å². The number of carbonyl (C=O) groups is 1. The van der Waals surface area contributed by atoms with Crippen molar-refractivity contribution in [1.82, 2.24) is 4.90 Å². The first-order valence-electron chi connectivity index (χ1n) is 14.0. The van der Waals surface area contributed by atoms with E-state index in [1.807, 2.05) is 6.07 Å². The van der Waals surface area contributed by atoms with Gasteiger partial charge in [-0.3, -0.25) is 9.69 Å². The van der Waals surface area contributed by atoms with Gasteiger partial charge < -0.3 is 4.90 Å². The summed E-state index contributed by atoms with van der Waals surface area (Å²) in [5.41, 5.74) is 3.95. The van der Waals surface area contributed by atoms with E-state index in [0.717, 1.165) is 12.2 Å². The summed E-state index contributed by atoms with van der Waals surface area (Å²) in [6.07, 6.45) is -1.72. The Balaban J connectivity index is 0.000000314. The second kappa shape index (κ2) is 16.3. The molecule has 222 valence electrons. The molecule has 0 aliphatic heterocycles. The molecule has 3 aromatic carbocycles. The molecule has 0 radical (unpaired) electrons. The zero-order valence-electron chi connectivity index (χ0n) is 25.2. The van der Waals surface area contributed by atoms with E-state index in [2.05, 4.69) is 80.5 Å². The SMILES string of the molecule is CC/C=C(/C=C(/C(=O)CCC)N(C)c1cccc(C#N)c1)C(F)(F)F.Cc1cccc(C(c2ccccc2)N(C)C)c1. The minimum Gasteiger partial charge on any atom is -0.342 e. The van der Waals surface area contributed by atoms with Gasteiger partial charge in [-0.2, -0.15) is 18.4 Å². The van der Waals surface area contributed by atoms with Crippen molar-refractivity contribution >= 4 is 11.5 Å². The number of aryl methyl sites for hydroxylation is 1. The summed E-state index contributed by atoms with van der Waals surface area (Å²) in [4.78, 5) is 16.1. The molecule has 0 aliphatic carbocycles. The zero-order valence-corrected chi connectivity index (χ0v) is 25.2. The molecule has 3 aromatic rings. The Morgan fingerprint density at radius 3 is 2.12 bits per heavy atom. The number of rotatable bonds is 10. The van der Waals surface area contributed by atoms with Crippen LogP contribution in [0.2, 0.25) is 0 Å². The van der Waals surface area contributed by atoms with Crippen LogP contribution in [0.1, 0.15) is 61.4 Å². The number of hydrogen-bond donors (Lipinski definition) is 0. The maximum Gasteiger partial charge on any atom is 0.416 e. The molecule has 1 unspecified atom stereocenters. The Morgan fingerprint density at radius 2 is 1.57 bits per heavy atom. The largest absolute Gasteiger partial charge is 0.416 e. The van der Waals surface area contributed by atoms with E-state index in [1.165, 1.54) is 34.7 Å². The second-order valence-corrected chi connectivity index (χ2v) is 10.2. The van der Waals surface area contributed by atoms with Gasteiger partial charge in [-0.1, -0.05) is 86.2 Å². The van der Waals surface area contributed by atoms with Crippen molar-refractivity contribution in [3.63, 3.8) is 0 Å². The Bertz CT molecular complexity index is 1400. The number of ketones is 1. The highest BCUT2D eigenvalue weighted by molar-refractivity contribution is 5.99. The molecule has 0 N–H and O–H groups in total. The predicted octanol–water partition coefficient (Wildman–Crippen LogP) is 8.79. The quantitative estimate of drug-likeness (QED) is 0.179. The Morgan fingerprint density at radius 1 is 0.929 bits per heavy atom. The standard InChI is InChI=1S/C19H21F3N2O.C16H19N/c1-4-7-15(19(20,21)22)12-17(18(25)8-5-2)24(3)16-10-6-9-14(11-16)13-23;1-13-8-7-11-15(12-13)16(17(2)3)14-9-5-4-6-10-14/h6-7,9-12H,4-5,8H2,1-3H3;4-12,16H,1-3H3/b15-7-,17-12-;. The van der Waals surface area contributed by atoms with Crippen molar-refractivity contribution in [1.29, 1.82) is 5.26 Å². The van der Waals surface area contributed by atoms with Crippen LogP contribution in [0.5, 0.6) is 0 Å². The molecule has 3 rings (SSSR count). The number of hydrogen-bond acceptors (Lipinski definition) is 4. The summed E-state index contributed by atoms with van der Waals surface area (Å²) >= 11 is 0. The molecule has 0 aliphatic rings. The maximum absolute atomic E-state index is 13.2. The average molecular weight is 576 g/mol. The molecule has 0 spiro atoms. The third kappa shape index (κ3) is 10.0. The summed E-state index contributed by atoms with van der Waals surface area (Å²) in [5, 5.41) is 8.99. The number of benzene rings is 3. The molecule has 7 heteroatoms.